The zero-order chi connectivity index (χ0) is 21.0. The summed E-state index contributed by atoms with van der Waals surface area (Å²) >= 11 is 0. The molecule has 5 N–H and O–H groups in total. The van der Waals surface area contributed by atoms with Crippen LogP contribution in [0.1, 0.15) is 61.6 Å². The average Bonchev–Trinajstić information content (AvgIpc) is 3.16. The second-order valence-corrected chi connectivity index (χ2v) is 8.68. The molecule has 158 valence electrons. The van der Waals surface area contributed by atoms with Gasteiger partial charge in [-0.1, -0.05) is 50.6 Å². The molecule has 1 fully saturated rings. The molecule has 5 atom stereocenters. The second-order valence-electron chi connectivity index (χ2n) is 8.68. The molecule has 1 aliphatic rings. The summed E-state index contributed by atoms with van der Waals surface area (Å²) in [6.07, 6.45) is 1.21. The quantitative estimate of drug-likeness (QED) is 0.529. The number of carbonyl (C=O) groups is 1. The number of amides is 1. The van der Waals surface area contributed by atoms with Crippen LogP contribution in [0.15, 0.2) is 35.1 Å². The Hall–Kier alpha value is -2.45. The number of aromatic nitrogens is 3. The van der Waals surface area contributed by atoms with E-state index in [0.717, 1.165) is 18.4 Å². The van der Waals surface area contributed by atoms with Gasteiger partial charge in [0.15, 0.2) is 0 Å². The van der Waals surface area contributed by atoms with E-state index in [4.69, 9.17) is 0 Å². The van der Waals surface area contributed by atoms with Gasteiger partial charge in [-0.2, -0.15) is 0 Å². The van der Waals surface area contributed by atoms with Crippen molar-refractivity contribution in [3.63, 3.8) is 0 Å². The van der Waals surface area contributed by atoms with Crippen molar-refractivity contribution < 1.29 is 15.0 Å². The van der Waals surface area contributed by atoms with Crippen molar-refractivity contribution in [1.82, 2.24) is 20.5 Å². The van der Waals surface area contributed by atoms with Crippen molar-refractivity contribution in [3.05, 3.63) is 52.2 Å². The maximum atomic E-state index is 12.3. The summed E-state index contributed by atoms with van der Waals surface area (Å²) in [7, 11) is 0. The van der Waals surface area contributed by atoms with Crippen LogP contribution in [0.2, 0.25) is 0 Å². The first-order chi connectivity index (χ1) is 13.8. The maximum Gasteiger partial charge on any atom is 0.341 e. The highest BCUT2D eigenvalue weighted by Gasteiger charge is 2.38. The van der Waals surface area contributed by atoms with Crippen molar-refractivity contribution in [1.29, 1.82) is 0 Å². The van der Waals surface area contributed by atoms with E-state index in [2.05, 4.69) is 34.3 Å². The Morgan fingerprint density at radius 3 is 2.69 bits per heavy atom. The van der Waals surface area contributed by atoms with Crippen molar-refractivity contribution in [2.75, 3.05) is 6.54 Å². The number of aromatic amines is 2. The summed E-state index contributed by atoms with van der Waals surface area (Å²) in [5.41, 5.74) is 0.146. The summed E-state index contributed by atoms with van der Waals surface area (Å²) in [6, 6.07) is 9.71. The first kappa shape index (κ1) is 21.3. The molecule has 0 radical (unpaired) electrons. The summed E-state index contributed by atoms with van der Waals surface area (Å²) < 4.78 is 0. The zero-order valence-corrected chi connectivity index (χ0v) is 16.9. The minimum Gasteiger partial charge on any atom is -0.390 e. The average molecular weight is 402 g/mol. The number of aliphatic hydroxyl groups excluding tert-OH is 2. The van der Waals surface area contributed by atoms with E-state index in [0.29, 0.717) is 19.4 Å². The Labute approximate surface area is 169 Å². The lowest BCUT2D eigenvalue weighted by Gasteiger charge is -2.35. The van der Waals surface area contributed by atoms with E-state index in [9.17, 15) is 19.8 Å². The molecule has 3 rings (SSSR count). The lowest BCUT2D eigenvalue weighted by Crippen LogP contribution is -2.40. The van der Waals surface area contributed by atoms with Crippen LogP contribution in [0, 0.1) is 11.3 Å². The van der Waals surface area contributed by atoms with Gasteiger partial charge in [-0.25, -0.2) is 9.89 Å². The fraction of sp³-hybridized carbons (Fsp3) is 0.571. The molecule has 0 spiro atoms. The fourth-order valence-corrected chi connectivity index (χ4v) is 4.22. The van der Waals surface area contributed by atoms with Gasteiger partial charge in [-0.3, -0.25) is 9.78 Å². The molecule has 1 amide bonds. The number of hydrogen-bond donors (Lipinski definition) is 5. The predicted molar refractivity (Wildman–Crippen MR) is 108 cm³/mol. The number of nitrogens with one attached hydrogen (secondary N) is 3. The molecule has 1 saturated carbocycles. The lowest BCUT2D eigenvalue weighted by molar-refractivity contribution is -0.0130. The molecule has 8 nitrogen and oxygen atoms in total. The predicted octanol–water partition coefficient (Wildman–Crippen LogP) is 1.55. The van der Waals surface area contributed by atoms with Gasteiger partial charge >= 0.3 is 5.69 Å². The highest BCUT2D eigenvalue weighted by Crippen LogP contribution is 2.41. The molecule has 2 aromatic rings. The van der Waals surface area contributed by atoms with E-state index in [1.165, 1.54) is 0 Å². The van der Waals surface area contributed by atoms with Crippen LogP contribution in [0.5, 0.6) is 0 Å². The van der Waals surface area contributed by atoms with Gasteiger partial charge in [-0.05, 0) is 36.2 Å². The minimum atomic E-state index is -0.879. The van der Waals surface area contributed by atoms with Crippen LogP contribution < -0.4 is 11.0 Å². The molecule has 1 aromatic heterocycles. The monoisotopic (exact) mass is 402 g/mol. The Morgan fingerprint density at radius 2 is 2.03 bits per heavy atom. The SMILES string of the molecule is C[C@@H]1CC[C@](C)(CNC(=O)c2n[nH]c(=O)[nH]2)C[C@H](c2ccccc2)[C@@H](O)[C@@H](O)C1. The van der Waals surface area contributed by atoms with Crippen molar-refractivity contribution in [2.45, 2.75) is 57.7 Å². The van der Waals surface area contributed by atoms with E-state index >= 15 is 0 Å². The Kier molecular flexibility index (Phi) is 6.54. The largest absolute Gasteiger partial charge is 0.390 e. The van der Waals surface area contributed by atoms with E-state index in [1.54, 1.807) is 0 Å². The topological polar surface area (TPSA) is 131 Å². The van der Waals surface area contributed by atoms with Gasteiger partial charge in [0.2, 0.25) is 5.82 Å². The fourth-order valence-electron chi connectivity index (χ4n) is 4.22. The van der Waals surface area contributed by atoms with Crippen LogP contribution in [0.25, 0.3) is 0 Å². The van der Waals surface area contributed by atoms with Crippen molar-refractivity contribution >= 4 is 5.91 Å². The van der Waals surface area contributed by atoms with Crippen LogP contribution in [-0.2, 0) is 0 Å². The third-order valence-corrected chi connectivity index (χ3v) is 6.02. The third kappa shape index (κ3) is 5.33. The van der Waals surface area contributed by atoms with Gasteiger partial charge in [0, 0.05) is 12.5 Å². The molecular formula is C21H30N4O4. The van der Waals surface area contributed by atoms with E-state index in [-0.39, 0.29) is 23.1 Å². The molecule has 0 aliphatic heterocycles. The highest BCUT2D eigenvalue weighted by atomic mass is 16.3. The Morgan fingerprint density at radius 1 is 1.31 bits per heavy atom. The molecule has 1 aliphatic carbocycles. The normalized spacial score (nSPS) is 30.8. The summed E-state index contributed by atoms with van der Waals surface area (Å²) in [4.78, 5) is 25.9. The first-order valence-corrected chi connectivity index (χ1v) is 10.1. The van der Waals surface area contributed by atoms with Gasteiger partial charge in [0.25, 0.3) is 5.91 Å². The molecule has 0 unspecified atom stereocenters. The zero-order valence-electron chi connectivity index (χ0n) is 16.9. The minimum absolute atomic E-state index is 0.0508. The van der Waals surface area contributed by atoms with Crippen molar-refractivity contribution in [3.8, 4) is 0 Å². The van der Waals surface area contributed by atoms with Crippen LogP contribution in [0.3, 0.4) is 0 Å². The van der Waals surface area contributed by atoms with Gasteiger partial charge in [-0.15, -0.1) is 5.10 Å². The van der Waals surface area contributed by atoms with Gasteiger partial charge < -0.3 is 15.5 Å². The first-order valence-electron chi connectivity index (χ1n) is 10.1. The number of hydrogen-bond acceptors (Lipinski definition) is 5. The Bertz CT molecular complexity index is 865. The number of H-pyrrole nitrogens is 2. The summed E-state index contributed by atoms with van der Waals surface area (Å²) in [5.74, 6) is -0.491. The number of carbonyl (C=O) groups excluding carboxylic acids is 1. The van der Waals surface area contributed by atoms with Crippen LogP contribution in [0.4, 0.5) is 0 Å². The second kappa shape index (κ2) is 8.92. The van der Waals surface area contributed by atoms with Crippen LogP contribution in [-0.4, -0.2) is 50.1 Å². The van der Waals surface area contributed by atoms with E-state index < -0.39 is 23.8 Å². The summed E-state index contributed by atoms with van der Waals surface area (Å²) in [5, 5.41) is 30.2. The van der Waals surface area contributed by atoms with E-state index in [1.807, 2.05) is 30.3 Å². The molecular weight excluding hydrogens is 372 g/mol. The number of benzene rings is 1. The molecule has 8 heteroatoms. The van der Waals surface area contributed by atoms with Crippen molar-refractivity contribution in [2.24, 2.45) is 11.3 Å². The molecule has 0 saturated heterocycles. The molecule has 1 aromatic carbocycles. The smallest absolute Gasteiger partial charge is 0.341 e. The van der Waals surface area contributed by atoms with Gasteiger partial charge in [0.1, 0.15) is 0 Å². The number of rotatable bonds is 4. The third-order valence-electron chi connectivity index (χ3n) is 6.02. The standard InChI is InChI=1S/C21H30N4O4/c1-13-8-9-21(2,12-22-19(28)18-23-20(29)25-24-18)11-15(17(27)16(26)10-13)14-6-4-3-5-7-14/h3-7,13,15-17,26-27H,8-12H2,1-2H3,(H,22,28)(H2,23,24,25,29)/t13-,15-,16+,17-,21+/m1/s1. The van der Waals surface area contributed by atoms with Gasteiger partial charge in [0.05, 0.1) is 12.2 Å². The maximum absolute atomic E-state index is 12.3. The lowest BCUT2D eigenvalue weighted by atomic mass is 9.73. The Balaban J connectivity index is 1.82. The number of aliphatic hydroxyl groups is 2. The summed E-state index contributed by atoms with van der Waals surface area (Å²) in [6.45, 7) is 4.54. The molecule has 1 heterocycles. The number of nitrogens with zero attached hydrogens (tertiary/aromatic N) is 1. The highest BCUT2D eigenvalue weighted by molar-refractivity contribution is 5.90. The molecule has 29 heavy (non-hydrogen) atoms. The molecule has 0 bridgehead atoms. The van der Waals surface area contributed by atoms with Crippen LogP contribution >= 0.6 is 0 Å².